The summed E-state index contributed by atoms with van der Waals surface area (Å²) < 4.78 is 11.8. The lowest BCUT2D eigenvalue weighted by molar-refractivity contribution is -0.118. The van der Waals surface area contributed by atoms with Crippen molar-refractivity contribution in [3.8, 4) is 11.5 Å². The predicted octanol–water partition coefficient (Wildman–Crippen LogP) is 3.87. The largest absolute Gasteiger partial charge is 0.494 e. The van der Waals surface area contributed by atoms with E-state index in [0.717, 1.165) is 15.9 Å². The van der Waals surface area contributed by atoms with Crippen LogP contribution in [0.5, 0.6) is 11.5 Å². The van der Waals surface area contributed by atoms with Gasteiger partial charge in [0.1, 0.15) is 11.5 Å². The number of hydrogen-bond donors (Lipinski definition) is 1. The molecular weight excluding hydrogens is 334 g/mol. The minimum absolute atomic E-state index is 0.0500. The summed E-state index contributed by atoms with van der Waals surface area (Å²) in [6, 6.07) is 14.6. The van der Waals surface area contributed by atoms with Crippen molar-refractivity contribution in [3.05, 3.63) is 53.0 Å². The van der Waals surface area contributed by atoms with Crippen LogP contribution in [0.15, 0.2) is 53.0 Å². The zero-order valence-electron chi connectivity index (χ0n) is 11.6. The van der Waals surface area contributed by atoms with E-state index in [0.29, 0.717) is 12.4 Å². The van der Waals surface area contributed by atoms with Gasteiger partial charge < -0.3 is 14.8 Å². The molecule has 0 radical (unpaired) electrons. The van der Waals surface area contributed by atoms with Crippen LogP contribution in [0.3, 0.4) is 0 Å². The first kappa shape index (κ1) is 15.4. The van der Waals surface area contributed by atoms with Crippen LogP contribution in [-0.4, -0.2) is 19.1 Å². The summed E-state index contributed by atoms with van der Waals surface area (Å²) in [4.78, 5) is 11.8. The molecule has 2 aromatic carbocycles. The van der Waals surface area contributed by atoms with Crippen LogP contribution in [0.25, 0.3) is 0 Å². The SMILES string of the molecule is CCOc1cccc(OCC(=O)Nc2ccc(Br)cc2)c1. The molecule has 0 bridgehead atoms. The summed E-state index contributed by atoms with van der Waals surface area (Å²) in [6.45, 7) is 2.46. The van der Waals surface area contributed by atoms with E-state index in [4.69, 9.17) is 9.47 Å². The molecule has 110 valence electrons. The number of halogens is 1. The number of amides is 1. The summed E-state index contributed by atoms with van der Waals surface area (Å²) in [5.74, 6) is 1.12. The molecule has 0 aliphatic rings. The van der Waals surface area contributed by atoms with Crippen LogP contribution in [0, 0.1) is 0 Å². The first-order valence-corrected chi connectivity index (χ1v) is 7.38. The number of carbonyl (C=O) groups is 1. The molecule has 0 fully saturated rings. The van der Waals surface area contributed by atoms with Gasteiger partial charge in [-0.25, -0.2) is 0 Å². The van der Waals surface area contributed by atoms with Gasteiger partial charge in [-0.2, -0.15) is 0 Å². The van der Waals surface area contributed by atoms with Gasteiger partial charge in [0.25, 0.3) is 5.91 Å². The van der Waals surface area contributed by atoms with E-state index in [2.05, 4.69) is 21.2 Å². The van der Waals surface area contributed by atoms with Gasteiger partial charge in [-0.3, -0.25) is 4.79 Å². The monoisotopic (exact) mass is 349 g/mol. The van der Waals surface area contributed by atoms with Crippen LogP contribution >= 0.6 is 15.9 Å². The minimum Gasteiger partial charge on any atom is -0.494 e. The van der Waals surface area contributed by atoms with Gasteiger partial charge in [0.05, 0.1) is 6.61 Å². The van der Waals surface area contributed by atoms with Crippen molar-refractivity contribution in [2.75, 3.05) is 18.5 Å². The Morgan fingerprint density at radius 2 is 1.76 bits per heavy atom. The third kappa shape index (κ3) is 5.11. The van der Waals surface area contributed by atoms with Gasteiger partial charge in [-0.15, -0.1) is 0 Å². The molecule has 0 aliphatic carbocycles. The van der Waals surface area contributed by atoms with Crippen LogP contribution in [0.4, 0.5) is 5.69 Å². The second-order valence-corrected chi connectivity index (χ2v) is 5.17. The zero-order chi connectivity index (χ0) is 15.1. The Hall–Kier alpha value is -2.01. The van der Waals surface area contributed by atoms with Crippen LogP contribution in [0.2, 0.25) is 0 Å². The maximum absolute atomic E-state index is 11.8. The molecule has 0 spiro atoms. The molecule has 0 aromatic heterocycles. The van der Waals surface area contributed by atoms with Crippen LogP contribution in [-0.2, 0) is 4.79 Å². The van der Waals surface area contributed by atoms with Gasteiger partial charge in [-0.05, 0) is 43.3 Å². The lowest BCUT2D eigenvalue weighted by Gasteiger charge is -2.09. The number of hydrogen-bond acceptors (Lipinski definition) is 3. The quantitative estimate of drug-likeness (QED) is 0.861. The topological polar surface area (TPSA) is 47.6 Å². The van der Waals surface area contributed by atoms with Crippen molar-refractivity contribution in [3.63, 3.8) is 0 Å². The molecule has 2 rings (SSSR count). The highest BCUT2D eigenvalue weighted by Crippen LogP contribution is 2.19. The maximum atomic E-state index is 11.8. The van der Waals surface area contributed by atoms with Gasteiger partial charge in [0, 0.05) is 16.2 Å². The number of anilines is 1. The second-order valence-electron chi connectivity index (χ2n) is 4.25. The highest BCUT2D eigenvalue weighted by atomic mass is 79.9. The first-order valence-electron chi connectivity index (χ1n) is 6.58. The van der Waals surface area contributed by atoms with E-state index in [1.807, 2.05) is 43.3 Å². The van der Waals surface area contributed by atoms with Crippen molar-refractivity contribution >= 4 is 27.5 Å². The molecule has 5 heteroatoms. The smallest absolute Gasteiger partial charge is 0.262 e. The van der Waals surface area contributed by atoms with Gasteiger partial charge >= 0.3 is 0 Å². The van der Waals surface area contributed by atoms with Crippen molar-refractivity contribution in [1.29, 1.82) is 0 Å². The molecule has 0 aliphatic heterocycles. The van der Waals surface area contributed by atoms with E-state index in [9.17, 15) is 4.79 Å². The number of carbonyl (C=O) groups excluding carboxylic acids is 1. The molecular formula is C16H16BrNO3. The molecule has 0 saturated carbocycles. The van der Waals surface area contributed by atoms with Crippen molar-refractivity contribution in [1.82, 2.24) is 0 Å². The zero-order valence-corrected chi connectivity index (χ0v) is 13.2. The Balaban J connectivity index is 1.86. The maximum Gasteiger partial charge on any atom is 0.262 e. The Kier molecular flexibility index (Phi) is 5.63. The molecule has 21 heavy (non-hydrogen) atoms. The molecule has 0 heterocycles. The summed E-state index contributed by atoms with van der Waals surface area (Å²) >= 11 is 3.34. The fourth-order valence-electron chi connectivity index (χ4n) is 1.70. The van der Waals surface area contributed by atoms with E-state index in [-0.39, 0.29) is 12.5 Å². The molecule has 1 amide bonds. The minimum atomic E-state index is -0.209. The number of ether oxygens (including phenoxy) is 2. The molecule has 0 saturated heterocycles. The van der Waals surface area contributed by atoms with Gasteiger partial charge in [-0.1, -0.05) is 22.0 Å². The normalized spacial score (nSPS) is 10.0. The van der Waals surface area contributed by atoms with E-state index >= 15 is 0 Å². The summed E-state index contributed by atoms with van der Waals surface area (Å²) in [7, 11) is 0. The van der Waals surface area contributed by atoms with Crippen molar-refractivity contribution in [2.24, 2.45) is 0 Å². The number of benzene rings is 2. The highest BCUT2D eigenvalue weighted by Gasteiger charge is 2.04. The molecule has 4 nitrogen and oxygen atoms in total. The summed E-state index contributed by atoms with van der Waals surface area (Å²) in [5.41, 5.74) is 0.731. The van der Waals surface area contributed by atoms with Gasteiger partial charge in [0.2, 0.25) is 0 Å². The second kappa shape index (κ2) is 7.69. The van der Waals surface area contributed by atoms with Gasteiger partial charge in [0.15, 0.2) is 6.61 Å². The standard InChI is InChI=1S/C16H16BrNO3/c1-2-20-14-4-3-5-15(10-14)21-11-16(19)18-13-8-6-12(17)7-9-13/h3-10H,2,11H2,1H3,(H,18,19). The van der Waals surface area contributed by atoms with E-state index in [1.165, 1.54) is 0 Å². The Labute approximate surface area is 132 Å². The number of rotatable bonds is 6. The summed E-state index contributed by atoms with van der Waals surface area (Å²) in [6.07, 6.45) is 0. The van der Waals surface area contributed by atoms with Crippen molar-refractivity contribution in [2.45, 2.75) is 6.92 Å². The highest BCUT2D eigenvalue weighted by molar-refractivity contribution is 9.10. The molecule has 0 atom stereocenters. The third-order valence-corrected chi connectivity index (χ3v) is 3.14. The number of nitrogens with one attached hydrogen (secondary N) is 1. The van der Waals surface area contributed by atoms with E-state index in [1.54, 1.807) is 12.1 Å². The first-order chi connectivity index (χ1) is 10.2. The fraction of sp³-hybridized carbons (Fsp3) is 0.188. The Bertz CT molecular complexity index is 599. The van der Waals surface area contributed by atoms with Crippen LogP contribution < -0.4 is 14.8 Å². The molecule has 2 aromatic rings. The lowest BCUT2D eigenvalue weighted by atomic mass is 10.3. The molecule has 1 N–H and O–H groups in total. The average Bonchev–Trinajstić information content (AvgIpc) is 2.48. The van der Waals surface area contributed by atoms with E-state index < -0.39 is 0 Å². The molecule has 0 unspecified atom stereocenters. The Morgan fingerprint density at radius 3 is 2.43 bits per heavy atom. The third-order valence-electron chi connectivity index (χ3n) is 2.61. The summed E-state index contributed by atoms with van der Waals surface area (Å²) in [5, 5.41) is 2.76. The lowest BCUT2D eigenvalue weighted by Crippen LogP contribution is -2.20. The fourth-order valence-corrected chi connectivity index (χ4v) is 1.96. The predicted molar refractivity (Wildman–Crippen MR) is 85.9 cm³/mol. The average molecular weight is 350 g/mol. The Morgan fingerprint density at radius 1 is 1.10 bits per heavy atom. The van der Waals surface area contributed by atoms with Crippen molar-refractivity contribution < 1.29 is 14.3 Å². The van der Waals surface area contributed by atoms with Crippen LogP contribution in [0.1, 0.15) is 6.92 Å².